The number of aromatic nitrogens is 1. The highest BCUT2D eigenvalue weighted by molar-refractivity contribution is 5.94. The predicted molar refractivity (Wildman–Crippen MR) is 116 cm³/mol. The molecule has 0 fully saturated rings. The van der Waals surface area contributed by atoms with Crippen molar-refractivity contribution in [3.05, 3.63) is 52.4 Å². The lowest BCUT2D eigenvalue weighted by Crippen LogP contribution is -2.53. The van der Waals surface area contributed by atoms with Crippen LogP contribution in [0.3, 0.4) is 0 Å². The van der Waals surface area contributed by atoms with Crippen molar-refractivity contribution >= 4 is 17.0 Å². The Balaban J connectivity index is 1.92. The van der Waals surface area contributed by atoms with E-state index in [4.69, 9.17) is 4.74 Å². The van der Waals surface area contributed by atoms with Gasteiger partial charge in [0.25, 0.3) is 0 Å². The highest BCUT2D eigenvalue weighted by atomic mass is 16.6. The Kier molecular flexibility index (Phi) is 4.48. The molecule has 0 unspecified atom stereocenters. The maximum Gasteiger partial charge on any atom is 0.419 e. The van der Waals surface area contributed by atoms with Gasteiger partial charge in [-0.15, -0.1) is 0 Å². The normalized spacial score (nSPS) is 24.7. The maximum atomic E-state index is 13.8. The standard InChI is InChI=1S/C24H32N2O3/c1-23(2,3)16-11-13-26(28)14-12-18-17-9-7-8-10-19(17)25(21(18)20(26)15-16)22(27)29-24(4,5)6/h7-11,20H,12-15H2,1-6H3/t20-,26+/m0/s1. The second-order valence-corrected chi connectivity index (χ2v) is 10.5. The van der Waals surface area contributed by atoms with E-state index in [2.05, 4.69) is 32.9 Å². The zero-order valence-electron chi connectivity index (χ0n) is 18.4. The second-order valence-electron chi connectivity index (χ2n) is 10.5. The first kappa shape index (κ1) is 20.2. The summed E-state index contributed by atoms with van der Waals surface area (Å²) >= 11 is 0. The molecule has 0 radical (unpaired) electrons. The number of hydrogen-bond acceptors (Lipinski definition) is 3. The second kappa shape index (κ2) is 6.44. The van der Waals surface area contributed by atoms with E-state index >= 15 is 0 Å². The van der Waals surface area contributed by atoms with Crippen LogP contribution in [-0.2, 0) is 11.2 Å². The topological polar surface area (TPSA) is 54.3 Å². The van der Waals surface area contributed by atoms with E-state index in [-0.39, 0.29) is 16.1 Å². The molecule has 2 aromatic rings. The Labute approximate surface area is 173 Å². The van der Waals surface area contributed by atoms with Gasteiger partial charge in [-0.2, -0.15) is 0 Å². The third-order valence-electron chi connectivity index (χ3n) is 6.24. The number of nitrogens with zero attached hydrogens (tertiary/aromatic N) is 2. The minimum Gasteiger partial charge on any atom is -0.632 e. The Morgan fingerprint density at radius 3 is 2.52 bits per heavy atom. The fraction of sp³-hybridized carbons (Fsp3) is 0.542. The van der Waals surface area contributed by atoms with Gasteiger partial charge >= 0.3 is 6.09 Å². The van der Waals surface area contributed by atoms with Gasteiger partial charge in [-0.25, -0.2) is 9.36 Å². The first-order valence-corrected chi connectivity index (χ1v) is 10.5. The van der Waals surface area contributed by atoms with Crippen LogP contribution in [0.25, 0.3) is 10.9 Å². The van der Waals surface area contributed by atoms with E-state index in [1.807, 2.05) is 39.0 Å². The highest BCUT2D eigenvalue weighted by Crippen LogP contribution is 2.48. The van der Waals surface area contributed by atoms with Crippen LogP contribution in [0.2, 0.25) is 0 Å². The van der Waals surface area contributed by atoms with Crippen LogP contribution in [0.4, 0.5) is 4.79 Å². The van der Waals surface area contributed by atoms with Gasteiger partial charge in [0.2, 0.25) is 0 Å². The SMILES string of the molecule is CC(C)(C)OC(=O)n1c2c(c3ccccc31)CC[N@+]1([O-])CC=C(C(C)(C)C)C[C@@H]21. The van der Waals surface area contributed by atoms with Crippen molar-refractivity contribution in [2.75, 3.05) is 13.1 Å². The minimum absolute atomic E-state index is 0.00558. The molecule has 5 heteroatoms. The number of hydroxylamine groups is 3. The quantitative estimate of drug-likeness (QED) is 0.325. The zero-order valence-corrected chi connectivity index (χ0v) is 18.4. The summed E-state index contributed by atoms with van der Waals surface area (Å²) in [6.07, 6.45) is 3.11. The highest BCUT2D eigenvalue weighted by Gasteiger charge is 2.44. The zero-order chi connectivity index (χ0) is 21.2. The molecule has 1 aromatic heterocycles. The molecule has 0 saturated heterocycles. The number of fused-ring (bicyclic) bond motifs is 5. The lowest BCUT2D eigenvalue weighted by molar-refractivity contribution is -0.910. The van der Waals surface area contributed by atoms with E-state index in [9.17, 15) is 10.0 Å². The number of quaternary nitrogens is 1. The van der Waals surface area contributed by atoms with E-state index in [1.165, 1.54) is 5.57 Å². The molecule has 0 N–H and O–H groups in total. The van der Waals surface area contributed by atoms with Crippen LogP contribution in [0, 0.1) is 10.6 Å². The molecule has 29 heavy (non-hydrogen) atoms. The number of rotatable bonds is 0. The Morgan fingerprint density at radius 2 is 1.86 bits per heavy atom. The molecular weight excluding hydrogens is 364 g/mol. The number of carbonyl (C=O) groups is 1. The van der Waals surface area contributed by atoms with Gasteiger partial charge in [0.05, 0.1) is 24.3 Å². The summed E-state index contributed by atoms with van der Waals surface area (Å²) in [6.45, 7) is 13.2. The molecule has 2 aliphatic rings. The molecule has 0 saturated carbocycles. The molecule has 2 aliphatic heterocycles. The third kappa shape index (κ3) is 3.40. The van der Waals surface area contributed by atoms with Crippen LogP contribution in [0.5, 0.6) is 0 Å². The summed E-state index contributed by atoms with van der Waals surface area (Å²) in [5.74, 6) is 0. The largest absolute Gasteiger partial charge is 0.632 e. The fourth-order valence-corrected chi connectivity index (χ4v) is 4.77. The Bertz CT molecular complexity index is 1000. The summed E-state index contributed by atoms with van der Waals surface area (Å²) in [5, 5.41) is 14.9. The molecule has 3 heterocycles. The monoisotopic (exact) mass is 396 g/mol. The number of hydrogen-bond donors (Lipinski definition) is 0. The molecular formula is C24H32N2O3. The summed E-state index contributed by atoms with van der Waals surface area (Å²) in [5.41, 5.74) is 3.53. The third-order valence-corrected chi connectivity index (χ3v) is 6.24. The first-order valence-electron chi connectivity index (χ1n) is 10.5. The molecule has 0 aliphatic carbocycles. The lowest BCUT2D eigenvalue weighted by Gasteiger charge is -2.54. The van der Waals surface area contributed by atoms with Crippen molar-refractivity contribution in [1.82, 2.24) is 4.57 Å². The number of benzene rings is 1. The summed E-state index contributed by atoms with van der Waals surface area (Å²) in [4.78, 5) is 13.3. The van der Waals surface area contributed by atoms with Gasteiger partial charge in [0.15, 0.2) is 0 Å². The van der Waals surface area contributed by atoms with E-state index < -0.39 is 11.7 Å². The first-order chi connectivity index (χ1) is 13.4. The van der Waals surface area contributed by atoms with Crippen molar-refractivity contribution < 1.29 is 14.2 Å². The smallest absolute Gasteiger partial charge is 0.419 e. The molecule has 0 amide bonds. The van der Waals surface area contributed by atoms with Gasteiger partial charge < -0.3 is 14.6 Å². The van der Waals surface area contributed by atoms with Crippen LogP contribution in [0.1, 0.15) is 65.3 Å². The number of para-hydroxylation sites is 1. The molecule has 1 aromatic carbocycles. The minimum atomic E-state index is -0.601. The van der Waals surface area contributed by atoms with Crippen molar-refractivity contribution in [3.8, 4) is 0 Å². The molecule has 4 rings (SSSR count). The maximum absolute atomic E-state index is 13.8. The summed E-state index contributed by atoms with van der Waals surface area (Å²) < 4.78 is 7.17. The van der Waals surface area contributed by atoms with E-state index in [0.717, 1.165) is 22.2 Å². The van der Waals surface area contributed by atoms with E-state index in [0.29, 0.717) is 25.9 Å². The van der Waals surface area contributed by atoms with Gasteiger partial charge in [-0.05, 0) is 43.9 Å². The van der Waals surface area contributed by atoms with E-state index in [1.54, 1.807) is 4.57 Å². The van der Waals surface area contributed by atoms with Crippen LogP contribution in [0.15, 0.2) is 35.9 Å². The average molecular weight is 397 g/mol. The van der Waals surface area contributed by atoms with Gasteiger partial charge in [0.1, 0.15) is 11.6 Å². The van der Waals surface area contributed by atoms with Crippen molar-refractivity contribution in [2.45, 2.75) is 66.0 Å². The summed E-state index contributed by atoms with van der Waals surface area (Å²) in [7, 11) is 0. The molecule has 2 atom stereocenters. The van der Waals surface area contributed by atoms with Crippen LogP contribution >= 0.6 is 0 Å². The Hall–Kier alpha value is -2.11. The predicted octanol–water partition coefficient (Wildman–Crippen LogP) is 5.71. The number of carbonyl (C=O) groups excluding carboxylic acids is 1. The van der Waals surface area contributed by atoms with Gasteiger partial charge in [0, 0.05) is 18.2 Å². The fourth-order valence-electron chi connectivity index (χ4n) is 4.77. The van der Waals surface area contributed by atoms with Crippen molar-refractivity contribution in [2.24, 2.45) is 5.41 Å². The molecule has 156 valence electrons. The van der Waals surface area contributed by atoms with Gasteiger partial charge in [-0.3, -0.25) is 0 Å². The molecule has 5 nitrogen and oxygen atoms in total. The molecule has 0 bridgehead atoms. The van der Waals surface area contributed by atoms with Crippen molar-refractivity contribution in [1.29, 1.82) is 0 Å². The molecule has 0 spiro atoms. The Morgan fingerprint density at radius 1 is 1.17 bits per heavy atom. The van der Waals surface area contributed by atoms with Crippen molar-refractivity contribution in [3.63, 3.8) is 0 Å². The summed E-state index contributed by atoms with van der Waals surface area (Å²) in [6, 6.07) is 7.67. The average Bonchev–Trinajstić information content (AvgIpc) is 2.93. The van der Waals surface area contributed by atoms with Gasteiger partial charge in [-0.1, -0.05) is 44.5 Å². The lowest BCUT2D eigenvalue weighted by atomic mass is 9.78. The van der Waals surface area contributed by atoms with Crippen LogP contribution < -0.4 is 0 Å². The van der Waals surface area contributed by atoms with Crippen LogP contribution in [-0.4, -0.2) is 34.0 Å². The number of ether oxygens (including phenoxy) is 1.